The van der Waals surface area contributed by atoms with Gasteiger partial charge in [-0.1, -0.05) is 6.07 Å². The van der Waals surface area contributed by atoms with Gasteiger partial charge in [0, 0.05) is 6.07 Å². The molecule has 0 bridgehead atoms. The van der Waals surface area contributed by atoms with Crippen molar-refractivity contribution in [2.45, 2.75) is 18.9 Å². The van der Waals surface area contributed by atoms with Crippen LogP contribution < -0.4 is 10.1 Å². The molecule has 1 fully saturated rings. The number of ether oxygens (including phenoxy) is 1. The Kier molecular flexibility index (Phi) is 3.15. The van der Waals surface area contributed by atoms with Crippen LogP contribution in [0.15, 0.2) is 18.2 Å². The van der Waals surface area contributed by atoms with Crippen molar-refractivity contribution in [2.75, 3.05) is 13.1 Å². The quantitative estimate of drug-likeness (QED) is 0.781. The molecule has 0 aliphatic carbocycles. The molecule has 0 atom stereocenters. The van der Waals surface area contributed by atoms with Crippen LogP contribution in [0.4, 0.5) is 0 Å². The van der Waals surface area contributed by atoms with Crippen molar-refractivity contribution in [1.29, 1.82) is 5.26 Å². The minimum atomic E-state index is 0.229. The van der Waals surface area contributed by atoms with Gasteiger partial charge in [-0.3, -0.25) is 0 Å². The molecule has 2 heterocycles. The molecule has 2 rings (SSSR count). The maximum Gasteiger partial charge on any atom is 0.214 e. The second kappa shape index (κ2) is 4.76. The fraction of sp³-hybridized carbons (Fsp3) is 0.455. The van der Waals surface area contributed by atoms with Crippen LogP contribution in [-0.4, -0.2) is 24.2 Å². The lowest BCUT2D eigenvalue weighted by Crippen LogP contribution is -2.34. The highest BCUT2D eigenvalue weighted by molar-refractivity contribution is 5.24. The number of rotatable bonds is 2. The second-order valence-electron chi connectivity index (χ2n) is 3.54. The van der Waals surface area contributed by atoms with E-state index in [9.17, 15) is 0 Å². The Morgan fingerprint density at radius 3 is 2.93 bits per heavy atom. The number of nitrogens with zero attached hydrogens (tertiary/aromatic N) is 2. The maximum absolute atomic E-state index is 8.69. The first-order chi connectivity index (χ1) is 7.38. The molecule has 1 aliphatic rings. The average molecular weight is 203 g/mol. The lowest BCUT2D eigenvalue weighted by molar-refractivity contribution is 0.156. The topological polar surface area (TPSA) is 57.9 Å². The van der Waals surface area contributed by atoms with E-state index in [4.69, 9.17) is 10.00 Å². The predicted octanol–water partition coefficient (Wildman–Crippen LogP) is 1.08. The molecule has 1 aromatic rings. The molecule has 1 saturated heterocycles. The standard InChI is InChI=1S/C11H13N3O/c12-8-9-2-1-3-11(14-9)15-10-4-6-13-7-5-10/h1-3,10,13H,4-7H2. The third-order valence-corrected chi connectivity index (χ3v) is 2.41. The summed E-state index contributed by atoms with van der Waals surface area (Å²) in [5.74, 6) is 0.556. The Balaban J connectivity index is 2.00. The Labute approximate surface area is 88.9 Å². The summed E-state index contributed by atoms with van der Waals surface area (Å²) in [5, 5.41) is 12.0. The molecule has 1 aromatic heterocycles. The molecular weight excluding hydrogens is 190 g/mol. The fourth-order valence-electron chi connectivity index (χ4n) is 1.63. The first-order valence-corrected chi connectivity index (χ1v) is 5.13. The molecule has 4 nitrogen and oxygen atoms in total. The number of hydrogen-bond acceptors (Lipinski definition) is 4. The summed E-state index contributed by atoms with van der Waals surface area (Å²) in [6, 6.07) is 7.27. The Bertz CT molecular complexity index is 366. The minimum absolute atomic E-state index is 0.229. The predicted molar refractivity (Wildman–Crippen MR) is 55.5 cm³/mol. The van der Waals surface area contributed by atoms with Crippen molar-refractivity contribution in [2.24, 2.45) is 0 Å². The molecule has 0 aromatic carbocycles. The van der Waals surface area contributed by atoms with E-state index in [0.717, 1.165) is 25.9 Å². The van der Waals surface area contributed by atoms with Gasteiger partial charge in [-0.2, -0.15) is 5.26 Å². The highest BCUT2D eigenvalue weighted by atomic mass is 16.5. The van der Waals surface area contributed by atoms with Gasteiger partial charge in [-0.05, 0) is 32.0 Å². The SMILES string of the molecule is N#Cc1cccc(OC2CCNCC2)n1. The minimum Gasteiger partial charge on any atom is -0.474 e. The van der Waals surface area contributed by atoms with Crippen molar-refractivity contribution in [3.63, 3.8) is 0 Å². The largest absolute Gasteiger partial charge is 0.474 e. The lowest BCUT2D eigenvalue weighted by Gasteiger charge is -2.23. The molecule has 0 unspecified atom stereocenters. The Morgan fingerprint density at radius 2 is 2.20 bits per heavy atom. The molecular formula is C11H13N3O. The summed E-state index contributed by atoms with van der Waals surface area (Å²) >= 11 is 0. The highest BCUT2D eigenvalue weighted by Gasteiger charge is 2.14. The molecule has 0 saturated carbocycles. The van der Waals surface area contributed by atoms with Gasteiger partial charge in [0.25, 0.3) is 0 Å². The zero-order chi connectivity index (χ0) is 10.5. The molecule has 4 heteroatoms. The normalized spacial score (nSPS) is 17.0. The van der Waals surface area contributed by atoms with Crippen molar-refractivity contribution in [1.82, 2.24) is 10.3 Å². The van der Waals surface area contributed by atoms with E-state index < -0.39 is 0 Å². The smallest absolute Gasteiger partial charge is 0.214 e. The van der Waals surface area contributed by atoms with E-state index >= 15 is 0 Å². The fourth-order valence-corrected chi connectivity index (χ4v) is 1.63. The first kappa shape index (κ1) is 9.94. The van der Waals surface area contributed by atoms with Crippen LogP contribution in [0.2, 0.25) is 0 Å². The number of pyridine rings is 1. The van der Waals surface area contributed by atoms with Crippen molar-refractivity contribution < 1.29 is 4.74 Å². The Hall–Kier alpha value is -1.60. The highest BCUT2D eigenvalue weighted by Crippen LogP contribution is 2.14. The van der Waals surface area contributed by atoms with Crippen molar-refractivity contribution >= 4 is 0 Å². The van der Waals surface area contributed by atoms with Crippen molar-refractivity contribution in [3.8, 4) is 11.9 Å². The molecule has 78 valence electrons. The molecule has 0 radical (unpaired) electrons. The number of hydrogen-bond donors (Lipinski definition) is 1. The summed E-state index contributed by atoms with van der Waals surface area (Å²) in [6.45, 7) is 1.98. The monoisotopic (exact) mass is 203 g/mol. The second-order valence-corrected chi connectivity index (χ2v) is 3.54. The molecule has 1 aliphatic heterocycles. The molecule has 0 spiro atoms. The summed E-state index contributed by atoms with van der Waals surface area (Å²) in [4.78, 5) is 4.08. The summed E-state index contributed by atoms with van der Waals surface area (Å²) in [7, 11) is 0. The van der Waals surface area contributed by atoms with Crippen LogP contribution in [0, 0.1) is 11.3 Å². The van der Waals surface area contributed by atoms with Crippen LogP contribution in [-0.2, 0) is 0 Å². The molecule has 0 amide bonds. The Morgan fingerprint density at radius 1 is 1.40 bits per heavy atom. The average Bonchev–Trinajstić information content (AvgIpc) is 2.31. The van der Waals surface area contributed by atoms with Gasteiger partial charge >= 0.3 is 0 Å². The maximum atomic E-state index is 8.69. The number of aromatic nitrogens is 1. The number of piperidine rings is 1. The van der Waals surface area contributed by atoms with Gasteiger partial charge in [-0.25, -0.2) is 4.98 Å². The van der Waals surface area contributed by atoms with E-state index in [2.05, 4.69) is 10.3 Å². The molecule has 15 heavy (non-hydrogen) atoms. The summed E-state index contributed by atoms with van der Waals surface area (Å²) in [6.07, 6.45) is 2.23. The zero-order valence-electron chi connectivity index (χ0n) is 8.44. The van der Waals surface area contributed by atoms with Crippen LogP contribution in [0.3, 0.4) is 0 Å². The summed E-state index contributed by atoms with van der Waals surface area (Å²) in [5.41, 5.74) is 0.404. The van der Waals surface area contributed by atoms with Gasteiger partial charge < -0.3 is 10.1 Å². The lowest BCUT2D eigenvalue weighted by atomic mass is 10.1. The van der Waals surface area contributed by atoms with Gasteiger partial charge in [-0.15, -0.1) is 0 Å². The zero-order valence-corrected chi connectivity index (χ0v) is 8.44. The van der Waals surface area contributed by atoms with Crippen LogP contribution >= 0.6 is 0 Å². The van der Waals surface area contributed by atoms with E-state index in [1.54, 1.807) is 18.2 Å². The van der Waals surface area contributed by atoms with Gasteiger partial charge in [0.05, 0.1) is 0 Å². The van der Waals surface area contributed by atoms with E-state index in [-0.39, 0.29) is 6.10 Å². The van der Waals surface area contributed by atoms with E-state index in [1.165, 1.54) is 0 Å². The van der Waals surface area contributed by atoms with Gasteiger partial charge in [0.1, 0.15) is 17.9 Å². The van der Waals surface area contributed by atoms with Crippen LogP contribution in [0.25, 0.3) is 0 Å². The molecule has 1 N–H and O–H groups in total. The van der Waals surface area contributed by atoms with E-state index in [1.807, 2.05) is 6.07 Å². The van der Waals surface area contributed by atoms with E-state index in [0.29, 0.717) is 11.6 Å². The summed E-state index contributed by atoms with van der Waals surface area (Å²) < 4.78 is 5.70. The first-order valence-electron chi connectivity index (χ1n) is 5.13. The number of nitrogens with one attached hydrogen (secondary N) is 1. The van der Waals surface area contributed by atoms with Gasteiger partial charge in [0.2, 0.25) is 5.88 Å². The third-order valence-electron chi connectivity index (χ3n) is 2.41. The van der Waals surface area contributed by atoms with Gasteiger partial charge in [0.15, 0.2) is 0 Å². The van der Waals surface area contributed by atoms with Crippen LogP contribution in [0.5, 0.6) is 5.88 Å². The van der Waals surface area contributed by atoms with Crippen molar-refractivity contribution in [3.05, 3.63) is 23.9 Å². The van der Waals surface area contributed by atoms with Crippen LogP contribution in [0.1, 0.15) is 18.5 Å². The number of nitriles is 1. The third kappa shape index (κ3) is 2.67.